The maximum Gasteiger partial charge on any atom is 0.0435 e. The van der Waals surface area contributed by atoms with Gasteiger partial charge in [-0.15, -0.1) is 12.3 Å². The molecule has 1 atom stereocenters. The minimum absolute atomic E-state index is 0.237. The highest BCUT2D eigenvalue weighted by atomic mass is 35.5. The van der Waals surface area contributed by atoms with Crippen molar-refractivity contribution in [3.8, 4) is 12.3 Å². The molecule has 0 aliphatic rings. The van der Waals surface area contributed by atoms with Crippen LogP contribution in [0.3, 0.4) is 0 Å². The molecule has 0 radical (unpaired) electrons. The molecule has 1 aromatic rings. The van der Waals surface area contributed by atoms with E-state index in [1.807, 2.05) is 19.1 Å². The number of benzene rings is 1. The topological polar surface area (TPSA) is 12.0 Å². The molecule has 1 N–H and O–H groups in total. The zero-order valence-electron chi connectivity index (χ0n) is 9.89. The molecule has 0 fully saturated rings. The van der Waals surface area contributed by atoms with Crippen LogP contribution in [0.15, 0.2) is 18.2 Å². The summed E-state index contributed by atoms with van der Waals surface area (Å²) in [5.74, 6) is 2.71. The van der Waals surface area contributed by atoms with E-state index >= 15 is 0 Å². The number of hydrogen-bond acceptors (Lipinski definition) is 1. The van der Waals surface area contributed by atoms with Crippen LogP contribution in [0.2, 0.25) is 5.02 Å². The number of hydrogen-bond donors (Lipinski definition) is 1. The number of halogens is 1. The van der Waals surface area contributed by atoms with E-state index in [9.17, 15) is 0 Å². The van der Waals surface area contributed by atoms with Gasteiger partial charge in [0, 0.05) is 17.5 Å². The van der Waals surface area contributed by atoms with Crippen LogP contribution >= 0.6 is 11.6 Å². The van der Waals surface area contributed by atoms with Gasteiger partial charge in [0.1, 0.15) is 0 Å². The lowest BCUT2D eigenvalue weighted by Gasteiger charge is -2.17. The third kappa shape index (κ3) is 3.56. The lowest BCUT2D eigenvalue weighted by atomic mass is 10.0. The fourth-order valence-electron chi connectivity index (χ4n) is 1.63. The van der Waals surface area contributed by atoms with Gasteiger partial charge in [0.25, 0.3) is 0 Å². The summed E-state index contributed by atoms with van der Waals surface area (Å²) >= 11 is 6.01. The van der Waals surface area contributed by atoms with E-state index in [4.69, 9.17) is 18.0 Å². The number of rotatable bonds is 5. The molecule has 0 aromatic heterocycles. The van der Waals surface area contributed by atoms with E-state index in [2.05, 4.69) is 24.2 Å². The maximum absolute atomic E-state index is 6.01. The molecule has 86 valence electrons. The summed E-state index contributed by atoms with van der Waals surface area (Å²) in [5, 5.41) is 4.25. The predicted octanol–water partition coefficient (Wildman–Crippen LogP) is 3.71. The molecule has 0 bridgehead atoms. The van der Waals surface area contributed by atoms with Gasteiger partial charge < -0.3 is 5.32 Å². The molecule has 0 aliphatic heterocycles. The van der Waals surface area contributed by atoms with Crippen molar-refractivity contribution in [3.05, 3.63) is 34.3 Å². The second kappa shape index (κ2) is 6.58. The first-order chi connectivity index (χ1) is 7.69. The van der Waals surface area contributed by atoms with E-state index in [0.717, 1.165) is 23.6 Å². The predicted molar refractivity (Wildman–Crippen MR) is 70.7 cm³/mol. The highest BCUT2D eigenvalue weighted by Crippen LogP contribution is 2.22. The molecule has 0 saturated heterocycles. The molecule has 0 amide bonds. The average molecular weight is 236 g/mol. The first-order valence-electron chi connectivity index (χ1n) is 5.62. The van der Waals surface area contributed by atoms with Crippen LogP contribution in [-0.2, 0) is 0 Å². The summed E-state index contributed by atoms with van der Waals surface area (Å²) in [7, 11) is 0. The monoisotopic (exact) mass is 235 g/mol. The quantitative estimate of drug-likeness (QED) is 0.768. The SMILES string of the molecule is C#CCC(NCCC)c1ccc(Cl)c(C)c1. The Hall–Kier alpha value is -0.970. The Labute approximate surface area is 103 Å². The zero-order chi connectivity index (χ0) is 12.0. The Bertz CT molecular complexity index is 379. The standard InChI is InChI=1S/C14H18ClN/c1-4-6-14(16-9-5-2)12-7-8-13(15)11(3)10-12/h1,7-8,10,14,16H,5-6,9H2,2-3H3. The first-order valence-corrected chi connectivity index (χ1v) is 5.99. The van der Waals surface area contributed by atoms with Crippen molar-refractivity contribution in [3.63, 3.8) is 0 Å². The molecule has 1 unspecified atom stereocenters. The maximum atomic E-state index is 6.01. The summed E-state index contributed by atoms with van der Waals surface area (Å²) in [4.78, 5) is 0. The van der Waals surface area contributed by atoms with Gasteiger partial charge in [-0.05, 0) is 37.1 Å². The normalized spacial score (nSPS) is 12.1. The van der Waals surface area contributed by atoms with Crippen molar-refractivity contribution >= 4 is 11.6 Å². The molecule has 0 aliphatic carbocycles. The number of nitrogens with one attached hydrogen (secondary N) is 1. The van der Waals surface area contributed by atoms with Crippen molar-refractivity contribution < 1.29 is 0 Å². The van der Waals surface area contributed by atoms with Crippen molar-refractivity contribution in [2.45, 2.75) is 32.7 Å². The zero-order valence-corrected chi connectivity index (χ0v) is 10.6. The Morgan fingerprint density at radius 3 is 2.81 bits per heavy atom. The van der Waals surface area contributed by atoms with E-state index in [-0.39, 0.29) is 6.04 Å². The fourth-order valence-corrected chi connectivity index (χ4v) is 1.75. The third-order valence-electron chi connectivity index (χ3n) is 2.55. The van der Waals surface area contributed by atoms with E-state index in [1.165, 1.54) is 5.56 Å². The molecule has 0 spiro atoms. The molecule has 0 saturated carbocycles. The molecule has 1 aromatic carbocycles. The molecular formula is C14H18ClN. The summed E-state index contributed by atoms with van der Waals surface area (Å²) in [6.07, 6.45) is 7.20. The molecule has 0 heterocycles. The molecule has 16 heavy (non-hydrogen) atoms. The molecule has 1 rings (SSSR count). The smallest absolute Gasteiger partial charge is 0.0435 e. The Morgan fingerprint density at radius 1 is 1.50 bits per heavy atom. The van der Waals surface area contributed by atoms with Crippen LogP contribution in [-0.4, -0.2) is 6.54 Å². The van der Waals surface area contributed by atoms with Gasteiger partial charge in [0.05, 0.1) is 0 Å². The van der Waals surface area contributed by atoms with Gasteiger partial charge in [0.2, 0.25) is 0 Å². The van der Waals surface area contributed by atoms with Crippen LogP contribution in [0.1, 0.15) is 36.9 Å². The molecular weight excluding hydrogens is 218 g/mol. The van der Waals surface area contributed by atoms with Crippen molar-refractivity contribution in [2.24, 2.45) is 0 Å². The minimum atomic E-state index is 0.237. The van der Waals surface area contributed by atoms with Crippen LogP contribution in [0, 0.1) is 19.3 Å². The molecule has 2 heteroatoms. The van der Waals surface area contributed by atoms with Gasteiger partial charge in [-0.3, -0.25) is 0 Å². The van der Waals surface area contributed by atoms with Gasteiger partial charge in [-0.1, -0.05) is 30.7 Å². The first kappa shape index (κ1) is 13.1. The van der Waals surface area contributed by atoms with Crippen LogP contribution in [0.4, 0.5) is 0 Å². The fraction of sp³-hybridized carbons (Fsp3) is 0.429. The van der Waals surface area contributed by atoms with Crippen molar-refractivity contribution in [2.75, 3.05) is 6.54 Å². The van der Waals surface area contributed by atoms with Crippen molar-refractivity contribution in [1.82, 2.24) is 5.32 Å². The van der Waals surface area contributed by atoms with Gasteiger partial charge in [0.15, 0.2) is 0 Å². The van der Waals surface area contributed by atoms with E-state index in [1.54, 1.807) is 0 Å². The second-order valence-electron chi connectivity index (χ2n) is 3.92. The summed E-state index contributed by atoms with van der Waals surface area (Å²) in [6, 6.07) is 6.32. The highest BCUT2D eigenvalue weighted by Gasteiger charge is 2.09. The minimum Gasteiger partial charge on any atom is -0.309 e. The third-order valence-corrected chi connectivity index (χ3v) is 2.97. The Morgan fingerprint density at radius 2 is 2.25 bits per heavy atom. The highest BCUT2D eigenvalue weighted by molar-refractivity contribution is 6.31. The molecule has 1 nitrogen and oxygen atoms in total. The second-order valence-corrected chi connectivity index (χ2v) is 4.33. The lowest BCUT2D eigenvalue weighted by Crippen LogP contribution is -2.21. The number of terminal acetylenes is 1. The summed E-state index contributed by atoms with van der Waals surface area (Å²) in [6.45, 7) is 5.14. The van der Waals surface area contributed by atoms with Crippen LogP contribution in [0.25, 0.3) is 0 Å². The van der Waals surface area contributed by atoms with Crippen molar-refractivity contribution in [1.29, 1.82) is 0 Å². The average Bonchev–Trinajstić information content (AvgIpc) is 2.28. The van der Waals surface area contributed by atoms with E-state index in [0.29, 0.717) is 6.42 Å². The van der Waals surface area contributed by atoms with Gasteiger partial charge >= 0.3 is 0 Å². The number of aryl methyl sites for hydroxylation is 1. The van der Waals surface area contributed by atoms with E-state index < -0.39 is 0 Å². The Kier molecular flexibility index (Phi) is 5.38. The Balaban J connectivity index is 2.84. The summed E-state index contributed by atoms with van der Waals surface area (Å²) in [5.41, 5.74) is 2.31. The van der Waals surface area contributed by atoms with Crippen LogP contribution in [0.5, 0.6) is 0 Å². The van der Waals surface area contributed by atoms with Crippen LogP contribution < -0.4 is 5.32 Å². The lowest BCUT2D eigenvalue weighted by molar-refractivity contribution is 0.542. The van der Waals surface area contributed by atoms with Gasteiger partial charge in [-0.2, -0.15) is 0 Å². The summed E-state index contributed by atoms with van der Waals surface area (Å²) < 4.78 is 0. The largest absolute Gasteiger partial charge is 0.309 e. The van der Waals surface area contributed by atoms with Gasteiger partial charge in [-0.25, -0.2) is 0 Å².